The molecular weight excluding hydrogens is 469 g/mol. The minimum Gasteiger partial charge on any atom is -0.346 e. The maximum atomic E-state index is 13.8. The van der Waals surface area contributed by atoms with Crippen LogP contribution in [0.15, 0.2) is 49.2 Å². The summed E-state index contributed by atoms with van der Waals surface area (Å²) in [5, 5.41) is 14.7. The highest BCUT2D eigenvalue weighted by Gasteiger charge is 2.46. The molecule has 0 bridgehead atoms. The highest BCUT2D eigenvalue weighted by atomic mass is 19.1. The van der Waals surface area contributed by atoms with Gasteiger partial charge < -0.3 is 10.7 Å². The molecule has 2 aliphatic rings. The smallest absolute Gasteiger partial charge is 0.141 e. The van der Waals surface area contributed by atoms with Crippen LogP contribution in [0.1, 0.15) is 24.0 Å². The maximum absolute atomic E-state index is 13.8. The highest BCUT2D eigenvalue weighted by molar-refractivity contribution is 5.89. The van der Waals surface area contributed by atoms with Gasteiger partial charge in [-0.15, -0.1) is 0 Å². The van der Waals surface area contributed by atoms with E-state index in [2.05, 4.69) is 36.0 Å². The molecule has 10 heteroatoms. The second-order valence-corrected chi connectivity index (χ2v) is 10.4. The van der Waals surface area contributed by atoms with Crippen LogP contribution in [-0.2, 0) is 13.1 Å². The Kier molecular flexibility index (Phi) is 6.20. The van der Waals surface area contributed by atoms with E-state index in [1.807, 2.05) is 29.2 Å². The number of hydrogen-bond acceptors (Lipinski definition) is 7. The van der Waals surface area contributed by atoms with Crippen molar-refractivity contribution >= 4 is 11.0 Å². The number of nitrogens with two attached hydrogens (primary N) is 1. The van der Waals surface area contributed by atoms with Gasteiger partial charge >= 0.3 is 0 Å². The van der Waals surface area contributed by atoms with E-state index in [1.165, 1.54) is 12.1 Å². The van der Waals surface area contributed by atoms with Crippen LogP contribution in [0, 0.1) is 22.6 Å². The summed E-state index contributed by atoms with van der Waals surface area (Å²) in [6, 6.07) is 9.15. The monoisotopic (exact) mass is 499 g/mol. The number of hydrogen-bond donors (Lipinski definition) is 2. The highest BCUT2D eigenvalue weighted by Crippen LogP contribution is 2.44. The second kappa shape index (κ2) is 9.67. The SMILES string of the molecule is N#Cc1cc(F)cc(CN2CCN(C3CC(CN)(Cn4cc(-c5ncnc6[nH]ccc56)cn4)C3)CC2)c1. The van der Waals surface area contributed by atoms with Crippen LogP contribution in [0.2, 0.25) is 0 Å². The van der Waals surface area contributed by atoms with Gasteiger partial charge in [0, 0.05) is 74.1 Å². The molecule has 1 saturated carbocycles. The summed E-state index contributed by atoms with van der Waals surface area (Å²) in [7, 11) is 0. The third-order valence-corrected chi connectivity index (χ3v) is 7.94. The number of nitrogens with zero attached hydrogens (tertiary/aromatic N) is 7. The summed E-state index contributed by atoms with van der Waals surface area (Å²) in [5.74, 6) is -0.348. The van der Waals surface area contributed by atoms with Crippen molar-refractivity contribution in [1.29, 1.82) is 5.26 Å². The maximum Gasteiger partial charge on any atom is 0.141 e. The van der Waals surface area contributed by atoms with Crippen molar-refractivity contribution in [3.05, 3.63) is 66.1 Å². The zero-order valence-electron chi connectivity index (χ0n) is 20.6. The standard InChI is InChI=1S/C27H30FN9/c28-22-8-19(12-29)7-20(9-22)14-35-3-5-36(6-4-35)23-10-27(11-23,16-30)17-37-15-21(13-34-37)25-24-1-2-31-26(24)33-18-32-25/h1-2,7-9,13,15,18,23H,3-6,10-11,14,16-17,30H2,(H,31,32,33). The Balaban J connectivity index is 1.04. The summed E-state index contributed by atoms with van der Waals surface area (Å²) in [6.07, 6.45) is 9.49. The lowest BCUT2D eigenvalue weighted by Crippen LogP contribution is -2.59. The van der Waals surface area contributed by atoms with E-state index >= 15 is 0 Å². The fourth-order valence-electron chi connectivity index (χ4n) is 5.93. The van der Waals surface area contributed by atoms with Crippen molar-refractivity contribution in [3.63, 3.8) is 0 Å². The largest absolute Gasteiger partial charge is 0.346 e. The first-order valence-corrected chi connectivity index (χ1v) is 12.7. The van der Waals surface area contributed by atoms with Crippen molar-refractivity contribution in [2.45, 2.75) is 32.0 Å². The Hall–Kier alpha value is -3.65. The van der Waals surface area contributed by atoms with Crippen LogP contribution in [-0.4, -0.2) is 73.3 Å². The molecule has 1 aromatic carbocycles. The number of H-pyrrole nitrogens is 1. The number of aromatic nitrogens is 5. The van der Waals surface area contributed by atoms with Gasteiger partial charge in [0.2, 0.25) is 0 Å². The van der Waals surface area contributed by atoms with Crippen molar-refractivity contribution in [2.24, 2.45) is 11.1 Å². The molecule has 1 saturated heterocycles. The first-order valence-electron chi connectivity index (χ1n) is 12.7. The van der Waals surface area contributed by atoms with Crippen molar-refractivity contribution < 1.29 is 4.39 Å². The lowest BCUT2D eigenvalue weighted by Gasteiger charge is -2.53. The summed E-state index contributed by atoms with van der Waals surface area (Å²) in [4.78, 5) is 16.8. The minimum absolute atomic E-state index is 0.0510. The molecule has 3 aromatic heterocycles. The summed E-state index contributed by atoms with van der Waals surface area (Å²) in [5.41, 5.74) is 10.2. The van der Waals surface area contributed by atoms with Gasteiger partial charge in [-0.3, -0.25) is 14.5 Å². The Morgan fingerprint density at radius 2 is 2.00 bits per heavy atom. The lowest BCUT2D eigenvalue weighted by molar-refractivity contribution is -0.0287. The molecule has 0 unspecified atom stereocenters. The number of halogens is 1. The first kappa shape index (κ1) is 23.7. The van der Waals surface area contributed by atoms with Gasteiger partial charge in [-0.2, -0.15) is 10.4 Å². The molecular formula is C27H30FN9. The zero-order chi connectivity index (χ0) is 25.4. The molecule has 0 amide bonds. The van der Waals surface area contributed by atoms with Gasteiger partial charge in [-0.05, 0) is 49.2 Å². The molecule has 9 nitrogen and oxygen atoms in total. The quantitative estimate of drug-likeness (QED) is 0.402. The molecule has 4 aromatic rings. The number of fused-ring (bicyclic) bond motifs is 1. The lowest BCUT2D eigenvalue weighted by atomic mass is 9.64. The summed E-state index contributed by atoms with van der Waals surface area (Å²) >= 11 is 0. The zero-order valence-corrected chi connectivity index (χ0v) is 20.6. The molecule has 190 valence electrons. The van der Waals surface area contributed by atoms with Gasteiger partial charge in [-0.1, -0.05) is 0 Å². The molecule has 6 rings (SSSR count). The van der Waals surface area contributed by atoms with Crippen molar-refractivity contribution in [3.8, 4) is 17.3 Å². The molecule has 4 heterocycles. The van der Waals surface area contributed by atoms with Gasteiger partial charge in [0.05, 0.1) is 23.5 Å². The number of nitriles is 1. The second-order valence-electron chi connectivity index (χ2n) is 10.4. The Morgan fingerprint density at radius 1 is 1.16 bits per heavy atom. The Morgan fingerprint density at radius 3 is 2.78 bits per heavy atom. The molecule has 0 atom stereocenters. The van der Waals surface area contributed by atoms with E-state index in [0.29, 0.717) is 24.7 Å². The van der Waals surface area contributed by atoms with Crippen molar-refractivity contribution in [2.75, 3.05) is 32.7 Å². The van der Waals surface area contributed by atoms with Crippen LogP contribution < -0.4 is 5.73 Å². The van der Waals surface area contributed by atoms with Crippen LogP contribution in [0.5, 0.6) is 0 Å². The first-order chi connectivity index (χ1) is 18.0. The third-order valence-electron chi connectivity index (χ3n) is 7.94. The minimum atomic E-state index is -0.348. The molecule has 0 radical (unpaired) electrons. The predicted molar refractivity (Wildman–Crippen MR) is 138 cm³/mol. The Bertz CT molecular complexity index is 1440. The molecule has 1 aliphatic carbocycles. The number of piperazine rings is 1. The van der Waals surface area contributed by atoms with Crippen LogP contribution in [0.4, 0.5) is 4.39 Å². The Labute approximate surface area is 214 Å². The van der Waals surface area contributed by atoms with E-state index in [-0.39, 0.29) is 11.2 Å². The van der Waals surface area contributed by atoms with Gasteiger partial charge in [-0.25, -0.2) is 14.4 Å². The number of benzene rings is 1. The normalized spacial score (nSPS) is 22.7. The molecule has 0 spiro atoms. The summed E-state index contributed by atoms with van der Waals surface area (Å²) < 4.78 is 15.8. The van der Waals surface area contributed by atoms with Crippen LogP contribution in [0.25, 0.3) is 22.3 Å². The third kappa shape index (κ3) is 4.73. The average molecular weight is 500 g/mol. The van der Waals surface area contributed by atoms with E-state index in [4.69, 9.17) is 11.0 Å². The molecule has 3 N–H and O–H groups in total. The van der Waals surface area contributed by atoms with E-state index in [0.717, 1.165) is 73.4 Å². The number of nitrogens with one attached hydrogen (secondary N) is 1. The summed E-state index contributed by atoms with van der Waals surface area (Å²) in [6.45, 7) is 5.92. The average Bonchev–Trinajstić information content (AvgIpc) is 3.56. The topological polar surface area (TPSA) is 116 Å². The molecule has 37 heavy (non-hydrogen) atoms. The van der Waals surface area contributed by atoms with Crippen LogP contribution >= 0.6 is 0 Å². The van der Waals surface area contributed by atoms with E-state index < -0.39 is 0 Å². The van der Waals surface area contributed by atoms with E-state index in [9.17, 15) is 4.39 Å². The van der Waals surface area contributed by atoms with Crippen molar-refractivity contribution in [1.82, 2.24) is 34.5 Å². The molecule has 2 fully saturated rings. The van der Waals surface area contributed by atoms with Gasteiger partial charge in [0.25, 0.3) is 0 Å². The van der Waals surface area contributed by atoms with Gasteiger partial charge in [0.1, 0.15) is 17.8 Å². The number of aromatic amines is 1. The predicted octanol–water partition coefficient (Wildman–Crippen LogP) is 2.76. The van der Waals surface area contributed by atoms with Crippen LogP contribution in [0.3, 0.4) is 0 Å². The number of rotatable bonds is 7. The molecule has 1 aliphatic heterocycles. The van der Waals surface area contributed by atoms with Gasteiger partial charge in [0.15, 0.2) is 0 Å². The fourth-order valence-corrected chi connectivity index (χ4v) is 5.93. The fraction of sp³-hybridized carbons (Fsp3) is 0.407. The van der Waals surface area contributed by atoms with E-state index in [1.54, 1.807) is 12.4 Å².